The molecule has 0 fully saturated rings. The van der Waals surface area contributed by atoms with E-state index >= 15 is 0 Å². The molecule has 0 aliphatic rings. The average molecular weight is 307 g/mol. The first-order valence-electron chi connectivity index (χ1n) is 5.55. The first kappa shape index (κ1) is 16.6. The Morgan fingerprint density at radius 2 is 1.36 bits per heavy atom. The van der Waals surface area contributed by atoms with Gasteiger partial charge in [-0.2, -0.15) is 0 Å². The molecule has 0 atom stereocenters. The van der Waals surface area contributed by atoms with Crippen LogP contribution in [0.2, 0.25) is 0 Å². The fourth-order valence-electron chi connectivity index (χ4n) is 1.57. The highest BCUT2D eigenvalue weighted by molar-refractivity contribution is 6.24. The Labute approximate surface area is 122 Å². The number of carboxylic acids is 4. The summed E-state index contributed by atoms with van der Waals surface area (Å²) in [5.74, 6) is -6.42. The number of carboxylic acid groups (broad SMARTS) is 4. The first-order chi connectivity index (χ1) is 10.2. The molecule has 1 aromatic heterocycles. The highest BCUT2D eigenvalue weighted by atomic mass is 16.4. The molecule has 4 N–H and O–H groups in total. The number of rotatable bonds is 6. The number of hydrogen-bond donors (Lipinski definition) is 4. The van der Waals surface area contributed by atoms with E-state index in [1.165, 1.54) is 6.07 Å². The van der Waals surface area contributed by atoms with E-state index in [1.54, 1.807) is 0 Å². The molecule has 9 heteroatoms. The molecule has 9 nitrogen and oxygen atoms in total. The molecule has 0 aliphatic carbocycles. The molecule has 22 heavy (non-hydrogen) atoms. The molecule has 0 bridgehead atoms. The average Bonchev–Trinajstić information content (AvgIpc) is 2.41. The van der Waals surface area contributed by atoms with Gasteiger partial charge in [0.05, 0.1) is 16.8 Å². The maximum absolute atomic E-state index is 11.2. The van der Waals surface area contributed by atoms with Gasteiger partial charge in [0.25, 0.3) is 0 Å². The largest absolute Gasteiger partial charge is 0.478 e. The van der Waals surface area contributed by atoms with Gasteiger partial charge in [-0.3, -0.25) is 4.98 Å². The van der Waals surface area contributed by atoms with Crippen LogP contribution in [0.1, 0.15) is 11.3 Å². The van der Waals surface area contributed by atoms with Crippen LogP contribution < -0.4 is 0 Å². The molecule has 1 aromatic rings. The predicted molar refractivity (Wildman–Crippen MR) is 70.7 cm³/mol. The van der Waals surface area contributed by atoms with Crippen LogP contribution in [0.25, 0.3) is 11.1 Å². The van der Waals surface area contributed by atoms with Gasteiger partial charge in [-0.15, -0.1) is 0 Å². The SMILES string of the molecule is O=C(O)/C=C(/C(=O)O)c1cccnc1/C(=C\C(=O)O)C(=O)O. The molecular formula is C13H9NO8. The van der Waals surface area contributed by atoms with Crippen molar-refractivity contribution in [2.45, 2.75) is 0 Å². The molecule has 114 valence electrons. The Bertz CT molecular complexity index is 656. The van der Waals surface area contributed by atoms with Gasteiger partial charge < -0.3 is 20.4 Å². The van der Waals surface area contributed by atoms with Gasteiger partial charge in [-0.25, -0.2) is 19.2 Å². The predicted octanol–water partition coefficient (Wildman–Crippen LogP) is 0.187. The summed E-state index contributed by atoms with van der Waals surface area (Å²) in [4.78, 5) is 47.3. The summed E-state index contributed by atoms with van der Waals surface area (Å²) in [5, 5.41) is 35.5. The number of hydrogen-bond acceptors (Lipinski definition) is 5. The van der Waals surface area contributed by atoms with Crippen LogP contribution in [0.15, 0.2) is 30.5 Å². The Morgan fingerprint density at radius 3 is 1.82 bits per heavy atom. The molecule has 0 spiro atoms. The Hall–Kier alpha value is -3.49. The van der Waals surface area contributed by atoms with Crippen molar-refractivity contribution in [3.8, 4) is 0 Å². The summed E-state index contributed by atoms with van der Waals surface area (Å²) in [6.07, 6.45) is 1.83. The highest BCUT2D eigenvalue weighted by Gasteiger charge is 2.23. The molecule has 0 radical (unpaired) electrons. The number of pyridine rings is 1. The van der Waals surface area contributed by atoms with Crippen molar-refractivity contribution in [3.63, 3.8) is 0 Å². The molecule has 0 amide bonds. The van der Waals surface area contributed by atoms with Crippen molar-refractivity contribution >= 4 is 35.0 Å². The number of carbonyl (C=O) groups is 4. The van der Waals surface area contributed by atoms with E-state index in [2.05, 4.69) is 4.98 Å². The topological polar surface area (TPSA) is 162 Å². The number of aliphatic carboxylic acids is 4. The lowest BCUT2D eigenvalue weighted by Gasteiger charge is -2.09. The fraction of sp³-hybridized carbons (Fsp3) is 0. The minimum Gasteiger partial charge on any atom is -0.478 e. The third kappa shape index (κ3) is 4.00. The molecule has 0 unspecified atom stereocenters. The van der Waals surface area contributed by atoms with Crippen molar-refractivity contribution in [1.82, 2.24) is 4.98 Å². The van der Waals surface area contributed by atoms with Crippen molar-refractivity contribution in [2.75, 3.05) is 0 Å². The van der Waals surface area contributed by atoms with Crippen LogP contribution in [0.4, 0.5) is 0 Å². The summed E-state index contributed by atoms with van der Waals surface area (Å²) in [6.45, 7) is 0. The zero-order chi connectivity index (χ0) is 16.9. The Morgan fingerprint density at radius 1 is 0.864 bits per heavy atom. The van der Waals surface area contributed by atoms with Gasteiger partial charge in [0.15, 0.2) is 0 Å². The van der Waals surface area contributed by atoms with Gasteiger partial charge in [0, 0.05) is 23.9 Å². The quantitative estimate of drug-likeness (QED) is 0.537. The first-order valence-corrected chi connectivity index (χ1v) is 5.55. The summed E-state index contributed by atoms with van der Waals surface area (Å²) >= 11 is 0. The van der Waals surface area contributed by atoms with Crippen molar-refractivity contribution < 1.29 is 39.6 Å². The van der Waals surface area contributed by atoms with Gasteiger partial charge in [0.1, 0.15) is 0 Å². The second kappa shape index (κ2) is 6.79. The number of aromatic nitrogens is 1. The van der Waals surface area contributed by atoms with Crippen molar-refractivity contribution in [1.29, 1.82) is 0 Å². The Kier molecular flexibility index (Phi) is 5.11. The van der Waals surface area contributed by atoms with Crippen LogP contribution in [-0.2, 0) is 19.2 Å². The minimum atomic E-state index is -1.65. The van der Waals surface area contributed by atoms with E-state index in [9.17, 15) is 19.2 Å². The smallest absolute Gasteiger partial charge is 0.338 e. The van der Waals surface area contributed by atoms with Crippen LogP contribution in [0, 0.1) is 0 Å². The number of nitrogens with zero attached hydrogens (tertiary/aromatic N) is 1. The molecule has 0 saturated heterocycles. The van der Waals surface area contributed by atoms with E-state index in [0.717, 1.165) is 12.3 Å². The van der Waals surface area contributed by atoms with Gasteiger partial charge in [-0.05, 0) is 6.07 Å². The molecule has 1 heterocycles. The van der Waals surface area contributed by atoms with E-state index in [4.69, 9.17) is 20.4 Å². The Balaban J connectivity index is 3.66. The second-order valence-corrected chi connectivity index (χ2v) is 3.80. The summed E-state index contributed by atoms with van der Waals surface area (Å²) in [5.41, 5.74) is -2.30. The maximum Gasteiger partial charge on any atom is 0.338 e. The van der Waals surface area contributed by atoms with Crippen molar-refractivity contribution in [2.24, 2.45) is 0 Å². The standard InChI is InChI=1S/C13H9NO8/c15-9(16)4-7(12(19)20)6-2-1-3-14-11(6)8(13(21)22)5-10(17)18/h1-5H,(H,15,16)(H,17,18)(H,19,20)(H,21,22)/b7-4+,8-5+. The van der Waals surface area contributed by atoms with Gasteiger partial charge >= 0.3 is 23.9 Å². The molecule has 0 aliphatic heterocycles. The lowest BCUT2D eigenvalue weighted by Crippen LogP contribution is -2.11. The zero-order valence-corrected chi connectivity index (χ0v) is 10.8. The molecule has 0 aromatic carbocycles. The fourth-order valence-corrected chi connectivity index (χ4v) is 1.57. The van der Waals surface area contributed by atoms with Crippen LogP contribution in [-0.4, -0.2) is 49.3 Å². The maximum atomic E-state index is 11.2. The second-order valence-electron chi connectivity index (χ2n) is 3.80. The summed E-state index contributed by atoms with van der Waals surface area (Å²) < 4.78 is 0. The van der Waals surface area contributed by atoms with E-state index in [-0.39, 0.29) is 5.56 Å². The normalized spacial score (nSPS) is 11.8. The summed E-state index contributed by atoms with van der Waals surface area (Å²) in [7, 11) is 0. The third-order valence-corrected chi connectivity index (χ3v) is 2.35. The highest BCUT2D eigenvalue weighted by Crippen LogP contribution is 2.24. The van der Waals surface area contributed by atoms with Crippen LogP contribution in [0.5, 0.6) is 0 Å². The lowest BCUT2D eigenvalue weighted by atomic mass is 9.98. The van der Waals surface area contributed by atoms with Crippen LogP contribution in [0.3, 0.4) is 0 Å². The van der Waals surface area contributed by atoms with Crippen molar-refractivity contribution in [3.05, 3.63) is 41.7 Å². The molecular weight excluding hydrogens is 298 g/mol. The molecule has 0 saturated carbocycles. The van der Waals surface area contributed by atoms with Gasteiger partial charge in [0.2, 0.25) is 0 Å². The summed E-state index contributed by atoms with van der Waals surface area (Å²) in [6, 6.07) is 2.39. The monoisotopic (exact) mass is 307 g/mol. The minimum absolute atomic E-state index is 0.327. The van der Waals surface area contributed by atoms with E-state index in [1.807, 2.05) is 0 Å². The van der Waals surface area contributed by atoms with E-state index in [0.29, 0.717) is 12.2 Å². The van der Waals surface area contributed by atoms with Gasteiger partial charge in [-0.1, -0.05) is 6.07 Å². The third-order valence-electron chi connectivity index (χ3n) is 2.35. The van der Waals surface area contributed by atoms with E-state index < -0.39 is 40.7 Å². The lowest BCUT2D eigenvalue weighted by molar-refractivity contribution is -0.133. The molecule has 1 rings (SSSR count). The zero-order valence-electron chi connectivity index (χ0n) is 10.8. The van der Waals surface area contributed by atoms with Crippen LogP contribution >= 0.6 is 0 Å².